The number of hydrogen-bond acceptors (Lipinski definition) is 4. The fraction of sp³-hybridized carbons (Fsp3) is 0.562. The van der Waals surface area contributed by atoms with Crippen LogP contribution in [0.3, 0.4) is 0 Å². The number of anilines is 1. The number of amides is 2. The van der Waals surface area contributed by atoms with Crippen LogP contribution in [-0.2, 0) is 10.0 Å². The van der Waals surface area contributed by atoms with E-state index in [4.69, 9.17) is 4.74 Å². The zero-order valence-electron chi connectivity index (χ0n) is 13.8. The number of rotatable bonds is 5. The van der Waals surface area contributed by atoms with Crippen molar-refractivity contribution >= 4 is 21.7 Å². The summed E-state index contributed by atoms with van der Waals surface area (Å²) in [4.78, 5) is 14.1. The van der Waals surface area contributed by atoms with Gasteiger partial charge in [0.1, 0.15) is 5.75 Å². The Kier molecular flexibility index (Phi) is 4.96. The molecule has 8 heteroatoms. The molecule has 1 aromatic carbocycles. The lowest BCUT2D eigenvalue weighted by Gasteiger charge is -2.34. The van der Waals surface area contributed by atoms with Gasteiger partial charge in [0.15, 0.2) is 0 Å². The molecule has 1 N–H and O–H groups in total. The van der Waals surface area contributed by atoms with Crippen molar-refractivity contribution in [1.82, 2.24) is 9.21 Å². The van der Waals surface area contributed by atoms with Crippen molar-refractivity contribution in [2.45, 2.75) is 25.0 Å². The summed E-state index contributed by atoms with van der Waals surface area (Å²) in [5, 5.41) is 2.65. The summed E-state index contributed by atoms with van der Waals surface area (Å²) in [6.07, 6.45) is 1.52. The van der Waals surface area contributed by atoms with E-state index in [1.54, 1.807) is 17.0 Å². The number of hydrogen-bond donors (Lipinski definition) is 1. The molecule has 3 rings (SSSR count). The Balaban J connectivity index is 1.58. The summed E-state index contributed by atoms with van der Waals surface area (Å²) >= 11 is 0. The highest BCUT2D eigenvalue weighted by Gasteiger charge is 2.41. The number of carbonyl (C=O) groups excluding carboxylic acids is 1. The first-order valence-corrected chi connectivity index (χ1v) is 9.79. The molecular formula is C16H23N3O4S. The van der Waals surface area contributed by atoms with Crippen molar-refractivity contribution in [3.63, 3.8) is 0 Å². The third-order valence-corrected chi connectivity index (χ3v) is 6.66. The summed E-state index contributed by atoms with van der Waals surface area (Å²) in [5.41, 5.74) is 0.623. The zero-order valence-corrected chi connectivity index (χ0v) is 14.6. The van der Waals surface area contributed by atoms with Gasteiger partial charge in [-0.15, -0.1) is 0 Å². The van der Waals surface area contributed by atoms with Gasteiger partial charge in [-0.3, -0.25) is 0 Å². The second kappa shape index (κ2) is 6.98. The van der Waals surface area contributed by atoms with Gasteiger partial charge in [-0.25, -0.2) is 13.2 Å². The molecule has 1 saturated carbocycles. The largest absolute Gasteiger partial charge is 0.492 e. The molecule has 24 heavy (non-hydrogen) atoms. The Morgan fingerprint density at radius 2 is 1.88 bits per heavy atom. The lowest BCUT2D eigenvalue weighted by molar-refractivity contribution is 0.184. The van der Waals surface area contributed by atoms with Crippen LogP contribution in [0.15, 0.2) is 24.3 Å². The van der Waals surface area contributed by atoms with E-state index >= 15 is 0 Å². The van der Waals surface area contributed by atoms with Gasteiger partial charge in [-0.2, -0.15) is 4.31 Å². The van der Waals surface area contributed by atoms with Crippen LogP contribution >= 0.6 is 0 Å². The van der Waals surface area contributed by atoms with Crippen molar-refractivity contribution in [2.75, 3.05) is 38.1 Å². The zero-order chi connectivity index (χ0) is 17.2. The Morgan fingerprint density at radius 3 is 2.50 bits per heavy atom. The highest BCUT2D eigenvalue weighted by molar-refractivity contribution is 7.90. The van der Waals surface area contributed by atoms with Gasteiger partial charge >= 0.3 is 6.03 Å². The molecule has 0 bridgehead atoms. The molecule has 0 atom stereocenters. The quantitative estimate of drug-likeness (QED) is 0.874. The maximum absolute atomic E-state index is 12.4. The molecule has 0 aromatic heterocycles. The van der Waals surface area contributed by atoms with Gasteiger partial charge in [0, 0.05) is 26.2 Å². The van der Waals surface area contributed by atoms with Gasteiger partial charge in [-0.1, -0.05) is 12.1 Å². The first-order valence-electron chi connectivity index (χ1n) is 8.29. The number of sulfonamides is 1. The van der Waals surface area contributed by atoms with Crippen LogP contribution in [0, 0.1) is 0 Å². The Hall–Kier alpha value is -1.80. The minimum Gasteiger partial charge on any atom is -0.492 e. The molecule has 1 saturated heterocycles. The summed E-state index contributed by atoms with van der Waals surface area (Å²) in [6.45, 7) is 3.92. The van der Waals surface area contributed by atoms with Crippen LogP contribution in [-0.4, -0.2) is 61.7 Å². The van der Waals surface area contributed by atoms with E-state index in [0.29, 0.717) is 44.2 Å². The van der Waals surface area contributed by atoms with Crippen molar-refractivity contribution < 1.29 is 17.9 Å². The number of nitrogens with zero attached hydrogens (tertiary/aromatic N) is 2. The molecule has 1 heterocycles. The van der Waals surface area contributed by atoms with Gasteiger partial charge in [-0.05, 0) is 31.9 Å². The van der Waals surface area contributed by atoms with Crippen molar-refractivity contribution in [1.29, 1.82) is 0 Å². The molecule has 0 spiro atoms. The van der Waals surface area contributed by atoms with Crippen LogP contribution in [0.5, 0.6) is 5.75 Å². The maximum Gasteiger partial charge on any atom is 0.322 e. The van der Waals surface area contributed by atoms with Gasteiger partial charge in [0.25, 0.3) is 0 Å². The first kappa shape index (κ1) is 17.0. The highest BCUT2D eigenvalue weighted by atomic mass is 32.2. The van der Waals surface area contributed by atoms with E-state index in [9.17, 15) is 13.2 Å². The standard InChI is InChI=1S/C16H23N3O4S/c1-2-23-15-6-4-3-5-14(15)17-16(20)18-9-11-19(12-10-18)24(21,22)13-7-8-13/h3-6,13H,2,7-12H2,1H3,(H,17,20). The van der Waals surface area contributed by atoms with Gasteiger partial charge < -0.3 is 15.0 Å². The SMILES string of the molecule is CCOc1ccccc1NC(=O)N1CCN(S(=O)(=O)C2CC2)CC1. The number of nitrogens with one attached hydrogen (secondary N) is 1. The number of benzene rings is 1. The third kappa shape index (κ3) is 3.64. The average molecular weight is 353 g/mol. The monoisotopic (exact) mass is 353 g/mol. The fourth-order valence-corrected chi connectivity index (χ4v) is 4.59. The van der Waals surface area contributed by atoms with E-state index in [0.717, 1.165) is 12.8 Å². The smallest absolute Gasteiger partial charge is 0.322 e. The van der Waals surface area contributed by atoms with E-state index in [1.165, 1.54) is 4.31 Å². The van der Waals surface area contributed by atoms with E-state index in [-0.39, 0.29) is 11.3 Å². The molecular weight excluding hydrogens is 330 g/mol. The molecule has 0 radical (unpaired) electrons. The topological polar surface area (TPSA) is 79.0 Å². The Bertz CT molecular complexity index is 695. The normalized spacial score (nSPS) is 19.1. The van der Waals surface area contributed by atoms with E-state index in [2.05, 4.69) is 5.32 Å². The minimum absolute atomic E-state index is 0.198. The molecule has 2 aliphatic rings. The van der Waals surface area contributed by atoms with Crippen molar-refractivity contribution in [3.05, 3.63) is 24.3 Å². The molecule has 2 amide bonds. The molecule has 132 valence electrons. The van der Waals surface area contributed by atoms with Crippen LogP contribution < -0.4 is 10.1 Å². The van der Waals surface area contributed by atoms with Crippen LogP contribution in [0.25, 0.3) is 0 Å². The molecule has 2 fully saturated rings. The highest BCUT2D eigenvalue weighted by Crippen LogP contribution is 2.31. The summed E-state index contributed by atoms with van der Waals surface area (Å²) in [5.74, 6) is 0.628. The minimum atomic E-state index is -3.16. The fourth-order valence-electron chi connectivity index (χ4n) is 2.77. The lowest BCUT2D eigenvalue weighted by atomic mass is 10.3. The second-order valence-corrected chi connectivity index (χ2v) is 8.20. The number of ether oxygens (including phenoxy) is 1. The summed E-state index contributed by atoms with van der Waals surface area (Å²) < 4.78 is 31.5. The lowest BCUT2D eigenvalue weighted by Crippen LogP contribution is -2.52. The first-order chi connectivity index (χ1) is 11.5. The number of piperazine rings is 1. The van der Waals surface area contributed by atoms with Crippen LogP contribution in [0.2, 0.25) is 0 Å². The number of para-hydroxylation sites is 2. The molecule has 0 unspecified atom stereocenters. The van der Waals surface area contributed by atoms with Crippen LogP contribution in [0.1, 0.15) is 19.8 Å². The van der Waals surface area contributed by atoms with Gasteiger partial charge in [0.2, 0.25) is 10.0 Å². The predicted molar refractivity (Wildman–Crippen MR) is 91.7 cm³/mol. The summed E-state index contributed by atoms with van der Waals surface area (Å²) in [7, 11) is -3.16. The molecule has 7 nitrogen and oxygen atoms in total. The molecule has 1 aliphatic heterocycles. The molecule has 1 aliphatic carbocycles. The Labute approximate surface area is 142 Å². The summed E-state index contributed by atoms with van der Waals surface area (Å²) in [6, 6.07) is 7.04. The van der Waals surface area contributed by atoms with Gasteiger partial charge in [0.05, 0.1) is 17.5 Å². The van der Waals surface area contributed by atoms with E-state index in [1.807, 2.05) is 19.1 Å². The third-order valence-electron chi connectivity index (χ3n) is 4.26. The molecule has 1 aromatic rings. The predicted octanol–water partition coefficient (Wildman–Crippen LogP) is 1.73. The number of urea groups is 1. The maximum atomic E-state index is 12.4. The van der Waals surface area contributed by atoms with Crippen molar-refractivity contribution in [3.8, 4) is 5.75 Å². The van der Waals surface area contributed by atoms with Crippen LogP contribution in [0.4, 0.5) is 10.5 Å². The number of carbonyl (C=O) groups is 1. The van der Waals surface area contributed by atoms with Crippen molar-refractivity contribution in [2.24, 2.45) is 0 Å². The van der Waals surface area contributed by atoms with E-state index < -0.39 is 10.0 Å². The Morgan fingerprint density at radius 1 is 1.21 bits per heavy atom. The average Bonchev–Trinajstić information content (AvgIpc) is 3.42. The second-order valence-electron chi connectivity index (χ2n) is 5.99.